The van der Waals surface area contributed by atoms with Crippen LogP contribution >= 0.6 is 0 Å². The summed E-state index contributed by atoms with van der Waals surface area (Å²) in [4.78, 5) is 17.4. The highest BCUT2D eigenvalue weighted by atomic mass is 16.1. The second-order valence-corrected chi connectivity index (χ2v) is 13.8. The lowest BCUT2D eigenvalue weighted by Crippen LogP contribution is -2.49. The van der Waals surface area contributed by atoms with Crippen LogP contribution in [-0.4, -0.2) is 29.3 Å². The zero-order chi connectivity index (χ0) is 35.4. The molecule has 2 heteroatoms. The number of allylic oxidation sites excluding steroid dienone is 1. The Kier molecular flexibility index (Phi) is 11.8. The highest BCUT2D eigenvalue weighted by Crippen LogP contribution is 2.39. The lowest BCUT2D eigenvalue weighted by atomic mass is 9.79. The number of rotatable bonds is 13. The van der Waals surface area contributed by atoms with Crippen LogP contribution in [0.1, 0.15) is 71.4 Å². The summed E-state index contributed by atoms with van der Waals surface area (Å²) in [5, 5.41) is 0. The second-order valence-electron chi connectivity index (χ2n) is 13.8. The molecule has 2 nitrogen and oxygen atoms in total. The lowest BCUT2D eigenvalue weighted by Gasteiger charge is -2.44. The summed E-state index contributed by atoms with van der Waals surface area (Å²) in [5.41, 5.74) is 9.29. The minimum Gasteiger partial charge on any atom is -0.299 e. The first kappa shape index (κ1) is 34.9. The van der Waals surface area contributed by atoms with Crippen molar-refractivity contribution in [3.63, 3.8) is 0 Å². The fourth-order valence-electron chi connectivity index (χ4n) is 7.99. The van der Waals surface area contributed by atoms with Gasteiger partial charge in [-0.15, -0.1) is 0 Å². The topological polar surface area (TPSA) is 20.3 Å². The number of hydrogen-bond donors (Lipinski definition) is 0. The molecule has 1 fully saturated rings. The van der Waals surface area contributed by atoms with Gasteiger partial charge in [0.2, 0.25) is 0 Å². The quantitative estimate of drug-likeness (QED) is 0.113. The van der Waals surface area contributed by atoms with Crippen LogP contribution in [0.15, 0.2) is 188 Å². The SMILES string of the molecule is O=C(CC(=C(c1ccccc1)c1ccccc1)c1ccccc1)CC(/C=C/c1ccccc1)N1CCCCC1C(c1ccccc1)c1ccccc1. The maximum Gasteiger partial charge on any atom is 0.139 e. The van der Waals surface area contributed by atoms with Gasteiger partial charge in [0, 0.05) is 30.8 Å². The molecule has 2 atom stereocenters. The van der Waals surface area contributed by atoms with Crippen molar-refractivity contribution >= 4 is 23.0 Å². The third-order valence-electron chi connectivity index (χ3n) is 10.4. The number of nitrogens with zero attached hydrogens (tertiary/aromatic N) is 1. The summed E-state index contributed by atoms with van der Waals surface area (Å²) in [6.07, 6.45) is 8.69. The fraction of sp³-hybridized carbons (Fsp3) is 0.180. The number of ketones is 1. The van der Waals surface area contributed by atoms with Crippen LogP contribution in [0.4, 0.5) is 0 Å². The monoisotopic (exact) mass is 677 g/mol. The lowest BCUT2D eigenvalue weighted by molar-refractivity contribution is -0.119. The number of benzene rings is 6. The van der Waals surface area contributed by atoms with E-state index in [1.165, 1.54) is 17.5 Å². The number of Topliss-reactive ketones (excluding diaryl/α,β-unsaturated/α-hetero) is 1. The fourth-order valence-corrected chi connectivity index (χ4v) is 7.99. The summed E-state index contributed by atoms with van der Waals surface area (Å²) >= 11 is 0. The number of likely N-dealkylation sites (tertiary alicyclic amines) is 1. The van der Waals surface area contributed by atoms with Gasteiger partial charge in [-0.2, -0.15) is 0 Å². The van der Waals surface area contributed by atoms with Gasteiger partial charge >= 0.3 is 0 Å². The minimum atomic E-state index is -0.0538. The summed E-state index contributed by atoms with van der Waals surface area (Å²) in [7, 11) is 0. The maximum atomic E-state index is 14.8. The van der Waals surface area contributed by atoms with Gasteiger partial charge in [0.25, 0.3) is 0 Å². The van der Waals surface area contributed by atoms with E-state index in [4.69, 9.17) is 0 Å². The van der Waals surface area contributed by atoms with E-state index in [2.05, 4.69) is 193 Å². The second kappa shape index (κ2) is 17.6. The van der Waals surface area contributed by atoms with Crippen molar-refractivity contribution in [2.45, 2.75) is 50.1 Å². The zero-order valence-corrected chi connectivity index (χ0v) is 29.8. The molecular formula is C50H47NO. The van der Waals surface area contributed by atoms with Crippen molar-refractivity contribution < 1.29 is 4.79 Å². The largest absolute Gasteiger partial charge is 0.299 e. The van der Waals surface area contributed by atoms with Crippen molar-refractivity contribution in [2.24, 2.45) is 0 Å². The van der Waals surface area contributed by atoms with E-state index in [9.17, 15) is 4.79 Å². The van der Waals surface area contributed by atoms with Crippen LogP contribution in [0.25, 0.3) is 17.2 Å². The molecular weight excluding hydrogens is 631 g/mol. The molecule has 1 aliphatic rings. The van der Waals surface area contributed by atoms with Gasteiger partial charge in [0.1, 0.15) is 5.78 Å². The van der Waals surface area contributed by atoms with Gasteiger partial charge in [-0.25, -0.2) is 0 Å². The van der Waals surface area contributed by atoms with Crippen molar-refractivity contribution in [3.8, 4) is 0 Å². The van der Waals surface area contributed by atoms with Crippen molar-refractivity contribution in [1.82, 2.24) is 4.90 Å². The Balaban J connectivity index is 1.29. The minimum absolute atomic E-state index is 0.0538. The number of carbonyl (C=O) groups excluding carboxylic acids is 1. The van der Waals surface area contributed by atoms with Gasteiger partial charge in [-0.3, -0.25) is 9.69 Å². The van der Waals surface area contributed by atoms with Gasteiger partial charge in [0.05, 0.1) is 0 Å². The molecule has 0 N–H and O–H groups in total. The summed E-state index contributed by atoms with van der Waals surface area (Å²) in [6, 6.07) is 64.2. The van der Waals surface area contributed by atoms with Crippen LogP contribution in [0.3, 0.4) is 0 Å². The molecule has 258 valence electrons. The maximum absolute atomic E-state index is 14.8. The highest BCUT2D eigenvalue weighted by Gasteiger charge is 2.36. The summed E-state index contributed by atoms with van der Waals surface area (Å²) in [6.45, 7) is 0.957. The van der Waals surface area contributed by atoms with Gasteiger partial charge in [-0.1, -0.05) is 201 Å². The van der Waals surface area contributed by atoms with Crippen LogP contribution in [-0.2, 0) is 4.79 Å². The predicted octanol–water partition coefficient (Wildman–Crippen LogP) is 11.8. The number of carbonyl (C=O) groups is 1. The van der Waals surface area contributed by atoms with E-state index >= 15 is 0 Å². The average Bonchev–Trinajstić information content (AvgIpc) is 3.22. The van der Waals surface area contributed by atoms with E-state index in [0.717, 1.165) is 52.8 Å². The number of hydrogen-bond acceptors (Lipinski definition) is 2. The van der Waals surface area contributed by atoms with Crippen LogP contribution in [0, 0.1) is 0 Å². The standard InChI is InChI=1S/C50H47NO/c52-46(38-47(40-23-9-2-10-24-40)49(41-25-11-3-12-26-41)42-27-13-4-14-28-42)37-45(35-34-39-21-7-1-8-22-39)51-36-20-19-33-48(51)50(43-29-15-5-16-30-43)44-31-17-6-18-32-44/h1-18,21-32,34-35,45,48,50H,19-20,33,36-38H2/b35-34+. The third-order valence-corrected chi connectivity index (χ3v) is 10.4. The molecule has 0 radical (unpaired) electrons. The smallest absolute Gasteiger partial charge is 0.139 e. The Hall–Kier alpha value is -5.57. The molecule has 0 aromatic heterocycles. The van der Waals surface area contributed by atoms with Crippen LogP contribution in [0.2, 0.25) is 0 Å². The molecule has 6 aromatic carbocycles. The Bertz CT molecular complexity index is 1960. The van der Waals surface area contributed by atoms with Crippen molar-refractivity contribution in [2.75, 3.05) is 6.54 Å². The Morgan fingerprint density at radius 3 is 1.56 bits per heavy atom. The molecule has 0 bridgehead atoms. The van der Waals surface area contributed by atoms with Gasteiger partial charge in [0.15, 0.2) is 0 Å². The Morgan fingerprint density at radius 1 is 0.577 bits per heavy atom. The summed E-state index contributed by atoms with van der Waals surface area (Å²) < 4.78 is 0. The molecule has 0 spiro atoms. The molecule has 0 aliphatic carbocycles. The van der Waals surface area contributed by atoms with Crippen LogP contribution in [0.5, 0.6) is 0 Å². The first-order valence-electron chi connectivity index (χ1n) is 18.7. The molecule has 6 aromatic rings. The van der Waals surface area contributed by atoms with Gasteiger partial charge in [-0.05, 0) is 63.9 Å². The van der Waals surface area contributed by atoms with Crippen molar-refractivity contribution in [3.05, 3.63) is 221 Å². The first-order valence-corrected chi connectivity index (χ1v) is 18.7. The Labute approximate surface area is 309 Å². The van der Waals surface area contributed by atoms with E-state index in [0.29, 0.717) is 12.8 Å². The van der Waals surface area contributed by atoms with E-state index in [1.54, 1.807) is 0 Å². The molecule has 0 saturated carbocycles. The molecule has 7 rings (SSSR count). The summed E-state index contributed by atoms with van der Waals surface area (Å²) in [5.74, 6) is 0.444. The van der Waals surface area contributed by atoms with Crippen molar-refractivity contribution in [1.29, 1.82) is 0 Å². The zero-order valence-electron chi connectivity index (χ0n) is 29.8. The highest BCUT2D eigenvalue weighted by molar-refractivity contribution is 6.04. The van der Waals surface area contributed by atoms with E-state index in [1.807, 2.05) is 6.07 Å². The molecule has 0 amide bonds. The van der Waals surface area contributed by atoms with E-state index < -0.39 is 0 Å². The number of piperidine rings is 1. The molecule has 1 saturated heterocycles. The van der Waals surface area contributed by atoms with E-state index in [-0.39, 0.29) is 23.8 Å². The molecule has 2 unspecified atom stereocenters. The molecule has 1 heterocycles. The molecule has 52 heavy (non-hydrogen) atoms. The predicted molar refractivity (Wildman–Crippen MR) is 218 cm³/mol. The third kappa shape index (κ3) is 8.65. The van der Waals surface area contributed by atoms with Crippen LogP contribution < -0.4 is 0 Å². The molecule has 1 aliphatic heterocycles. The van der Waals surface area contributed by atoms with Gasteiger partial charge < -0.3 is 0 Å². The first-order chi connectivity index (χ1) is 25.7. The average molecular weight is 678 g/mol. The Morgan fingerprint density at radius 2 is 1.04 bits per heavy atom. The normalized spacial score (nSPS) is 15.4.